The summed E-state index contributed by atoms with van der Waals surface area (Å²) in [5.74, 6) is 0. The van der Waals surface area contributed by atoms with Crippen molar-refractivity contribution in [3.63, 3.8) is 0 Å². The maximum atomic E-state index is 5.63. The number of fused-ring (bicyclic) bond motifs is 1. The van der Waals surface area contributed by atoms with E-state index >= 15 is 0 Å². The third kappa shape index (κ3) is 2.92. The Balaban J connectivity index is 2.38. The molecule has 0 aliphatic heterocycles. The first-order chi connectivity index (χ1) is 8.87. The summed E-state index contributed by atoms with van der Waals surface area (Å²) in [5, 5.41) is 0. The van der Waals surface area contributed by atoms with Crippen LogP contribution in [0.4, 0.5) is 0 Å². The molecule has 0 fully saturated rings. The molecule has 0 N–H and O–H groups in total. The fourth-order valence-electron chi connectivity index (χ4n) is 2.74. The van der Waals surface area contributed by atoms with Crippen LogP contribution in [0.1, 0.15) is 57.7 Å². The molecule has 104 valence electrons. The highest BCUT2D eigenvalue weighted by Gasteiger charge is 2.28. The molecule has 0 unspecified atom stereocenters. The van der Waals surface area contributed by atoms with E-state index in [9.17, 15) is 0 Å². The van der Waals surface area contributed by atoms with Crippen molar-refractivity contribution in [1.29, 1.82) is 0 Å². The monoisotopic (exact) mass is 258 g/mol. The Hall–Kier alpha value is -1.08. The Bertz CT molecular complexity index is 480. The van der Waals surface area contributed by atoms with E-state index in [1.54, 1.807) is 0 Å². The molecule has 1 nitrogen and oxygen atoms in total. The molecule has 1 aliphatic rings. The molecule has 19 heavy (non-hydrogen) atoms. The largest absolute Gasteiger partial charge is 0.381 e. The molecule has 1 aromatic rings. The van der Waals surface area contributed by atoms with Gasteiger partial charge in [0.15, 0.2) is 0 Å². The van der Waals surface area contributed by atoms with Crippen LogP contribution in [0.5, 0.6) is 0 Å². The minimum absolute atomic E-state index is 0.0717. The molecule has 0 atom stereocenters. The van der Waals surface area contributed by atoms with Crippen molar-refractivity contribution in [1.82, 2.24) is 0 Å². The lowest BCUT2D eigenvalue weighted by molar-refractivity contribution is 0.105. The van der Waals surface area contributed by atoms with Gasteiger partial charge >= 0.3 is 0 Å². The van der Waals surface area contributed by atoms with E-state index in [2.05, 4.69) is 65.0 Å². The van der Waals surface area contributed by atoms with Crippen molar-refractivity contribution in [3.05, 3.63) is 41.0 Å². The van der Waals surface area contributed by atoms with Gasteiger partial charge in [0.05, 0.1) is 6.61 Å². The Labute approximate surface area is 117 Å². The van der Waals surface area contributed by atoms with Gasteiger partial charge in [0, 0.05) is 12.0 Å². The standard InChI is InChI=1S/C18H26O/c1-6-19-13-18(4,5)15-10-9-14-8-7-11-17(2,3)16(14)12-15/h7-10,12H,6,11,13H2,1-5H3. The van der Waals surface area contributed by atoms with Crippen LogP contribution in [0.3, 0.4) is 0 Å². The van der Waals surface area contributed by atoms with Gasteiger partial charge < -0.3 is 4.74 Å². The fourth-order valence-corrected chi connectivity index (χ4v) is 2.74. The van der Waals surface area contributed by atoms with Crippen molar-refractivity contribution >= 4 is 6.08 Å². The molecule has 1 aliphatic carbocycles. The first-order valence-corrected chi connectivity index (χ1v) is 7.26. The van der Waals surface area contributed by atoms with Gasteiger partial charge in [-0.2, -0.15) is 0 Å². The van der Waals surface area contributed by atoms with E-state index in [1.165, 1.54) is 16.7 Å². The first kappa shape index (κ1) is 14.3. The summed E-state index contributed by atoms with van der Waals surface area (Å²) in [4.78, 5) is 0. The maximum Gasteiger partial charge on any atom is 0.0557 e. The SMILES string of the molecule is CCOCC(C)(C)c1ccc2c(c1)C(C)(C)CC=C2. The van der Waals surface area contributed by atoms with Crippen LogP contribution < -0.4 is 0 Å². The summed E-state index contributed by atoms with van der Waals surface area (Å²) in [7, 11) is 0. The molecular formula is C18H26O. The van der Waals surface area contributed by atoms with Crippen LogP contribution in [0.25, 0.3) is 6.08 Å². The number of ether oxygens (including phenoxy) is 1. The van der Waals surface area contributed by atoms with Crippen LogP contribution in [-0.4, -0.2) is 13.2 Å². The molecule has 2 rings (SSSR count). The predicted molar refractivity (Wildman–Crippen MR) is 82.6 cm³/mol. The lowest BCUT2D eigenvalue weighted by Gasteiger charge is -2.32. The van der Waals surface area contributed by atoms with E-state index < -0.39 is 0 Å². The van der Waals surface area contributed by atoms with Gasteiger partial charge in [-0.05, 0) is 35.4 Å². The van der Waals surface area contributed by atoms with Crippen molar-refractivity contribution in [2.24, 2.45) is 0 Å². The van der Waals surface area contributed by atoms with Crippen LogP contribution in [0.2, 0.25) is 0 Å². The van der Waals surface area contributed by atoms with Gasteiger partial charge in [-0.15, -0.1) is 0 Å². The number of benzene rings is 1. The Morgan fingerprint density at radius 2 is 2.00 bits per heavy atom. The predicted octanol–water partition coefficient (Wildman–Crippen LogP) is 4.70. The third-order valence-corrected chi connectivity index (χ3v) is 4.16. The molecule has 0 amide bonds. The zero-order chi connectivity index (χ0) is 14.1. The van der Waals surface area contributed by atoms with Gasteiger partial charge in [-0.1, -0.05) is 58.0 Å². The molecule has 1 aromatic carbocycles. The zero-order valence-electron chi connectivity index (χ0n) is 12.9. The van der Waals surface area contributed by atoms with E-state index in [-0.39, 0.29) is 10.8 Å². The highest BCUT2D eigenvalue weighted by Crippen LogP contribution is 2.37. The summed E-state index contributed by atoms with van der Waals surface area (Å²) in [6.07, 6.45) is 5.66. The average Bonchev–Trinajstić information content (AvgIpc) is 2.36. The van der Waals surface area contributed by atoms with Gasteiger partial charge in [0.2, 0.25) is 0 Å². The summed E-state index contributed by atoms with van der Waals surface area (Å²) in [5.41, 5.74) is 4.52. The van der Waals surface area contributed by atoms with Crippen LogP contribution >= 0.6 is 0 Å². The first-order valence-electron chi connectivity index (χ1n) is 7.26. The molecule has 0 spiro atoms. The maximum absolute atomic E-state index is 5.63. The van der Waals surface area contributed by atoms with Crippen LogP contribution in [0.15, 0.2) is 24.3 Å². The fraction of sp³-hybridized carbons (Fsp3) is 0.556. The quantitative estimate of drug-likeness (QED) is 0.761. The van der Waals surface area contributed by atoms with Crippen molar-refractivity contribution in [3.8, 4) is 0 Å². The number of hydrogen-bond acceptors (Lipinski definition) is 1. The highest BCUT2D eigenvalue weighted by atomic mass is 16.5. The summed E-state index contributed by atoms with van der Waals surface area (Å²) < 4.78 is 5.63. The number of rotatable bonds is 4. The van der Waals surface area contributed by atoms with E-state index in [4.69, 9.17) is 4.74 Å². The Kier molecular flexibility index (Phi) is 3.87. The molecule has 0 heterocycles. The topological polar surface area (TPSA) is 9.23 Å². The van der Waals surface area contributed by atoms with Crippen LogP contribution in [-0.2, 0) is 15.6 Å². The minimum atomic E-state index is 0.0717. The van der Waals surface area contributed by atoms with E-state index in [0.717, 1.165) is 19.6 Å². The summed E-state index contributed by atoms with van der Waals surface area (Å²) >= 11 is 0. The molecular weight excluding hydrogens is 232 g/mol. The second-order valence-electron chi connectivity index (χ2n) is 6.81. The highest BCUT2D eigenvalue weighted by molar-refractivity contribution is 5.60. The van der Waals surface area contributed by atoms with Crippen molar-refractivity contribution in [2.45, 2.75) is 51.9 Å². The number of allylic oxidation sites excluding steroid dienone is 1. The Morgan fingerprint density at radius 1 is 1.26 bits per heavy atom. The van der Waals surface area contributed by atoms with Crippen molar-refractivity contribution < 1.29 is 4.74 Å². The zero-order valence-corrected chi connectivity index (χ0v) is 12.9. The smallest absolute Gasteiger partial charge is 0.0557 e. The number of hydrogen-bond donors (Lipinski definition) is 0. The molecule has 0 aromatic heterocycles. The van der Waals surface area contributed by atoms with Gasteiger partial charge in [0.25, 0.3) is 0 Å². The van der Waals surface area contributed by atoms with Crippen LogP contribution in [0, 0.1) is 0 Å². The lowest BCUT2D eigenvalue weighted by atomic mass is 9.73. The van der Waals surface area contributed by atoms with Crippen molar-refractivity contribution in [2.75, 3.05) is 13.2 Å². The lowest BCUT2D eigenvalue weighted by Crippen LogP contribution is -2.26. The van der Waals surface area contributed by atoms with E-state index in [1.807, 2.05) is 0 Å². The van der Waals surface area contributed by atoms with E-state index in [0.29, 0.717) is 0 Å². The summed E-state index contributed by atoms with van der Waals surface area (Å²) in [6.45, 7) is 12.8. The third-order valence-electron chi connectivity index (χ3n) is 4.16. The van der Waals surface area contributed by atoms with Gasteiger partial charge in [0.1, 0.15) is 0 Å². The molecule has 0 bridgehead atoms. The molecule has 0 saturated heterocycles. The molecule has 0 saturated carbocycles. The second-order valence-corrected chi connectivity index (χ2v) is 6.81. The normalized spacial score (nSPS) is 17.3. The second kappa shape index (κ2) is 5.13. The summed E-state index contributed by atoms with van der Waals surface area (Å²) in [6, 6.07) is 6.90. The molecule has 0 radical (unpaired) electrons. The Morgan fingerprint density at radius 3 is 2.68 bits per heavy atom. The molecule has 1 heteroatoms. The average molecular weight is 258 g/mol. The van der Waals surface area contributed by atoms with Gasteiger partial charge in [-0.3, -0.25) is 0 Å². The van der Waals surface area contributed by atoms with Gasteiger partial charge in [-0.25, -0.2) is 0 Å². The minimum Gasteiger partial charge on any atom is -0.381 e.